The van der Waals surface area contributed by atoms with Crippen molar-refractivity contribution >= 4 is 23.2 Å². The van der Waals surface area contributed by atoms with Crippen molar-refractivity contribution in [3.05, 3.63) is 64.9 Å². The molecule has 0 bridgehead atoms. The van der Waals surface area contributed by atoms with E-state index in [1.54, 1.807) is 6.07 Å². The fourth-order valence-corrected chi connectivity index (χ4v) is 3.11. The average molecular weight is 333 g/mol. The molecular weight excluding hydrogens is 315 g/mol. The first-order chi connectivity index (χ1) is 11.1. The second kappa shape index (κ2) is 7.11. The van der Waals surface area contributed by atoms with Crippen LogP contribution in [-0.4, -0.2) is 23.9 Å². The van der Waals surface area contributed by atoms with E-state index in [4.69, 9.17) is 11.6 Å². The van der Waals surface area contributed by atoms with Gasteiger partial charge in [0.05, 0.1) is 5.69 Å². The number of hydrogen-bond acceptors (Lipinski definition) is 2. The zero-order valence-corrected chi connectivity index (χ0v) is 13.4. The number of likely N-dealkylation sites (tertiary alicyclic amines) is 1. The van der Waals surface area contributed by atoms with Crippen molar-refractivity contribution in [1.82, 2.24) is 4.90 Å². The van der Waals surface area contributed by atoms with Crippen LogP contribution in [0, 0.1) is 5.82 Å². The van der Waals surface area contributed by atoms with Gasteiger partial charge >= 0.3 is 0 Å². The molecule has 5 heteroatoms. The summed E-state index contributed by atoms with van der Waals surface area (Å²) in [5.74, 6) is -0.751. The number of rotatable bonds is 4. The molecule has 0 aliphatic carbocycles. The van der Waals surface area contributed by atoms with Crippen molar-refractivity contribution in [3.8, 4) is 0 Å². The molecule has 1 heterocycles. The molecule has 0 aromatic heterocycles. The number of nitrogens with one attached hydrogen (secondary N) is 1. The van der Waals surface area contributed by atoms with Crippen LogP contribution in [0.4, 0.5) is 10.1 Å². The summed E-state index contributed by atoms with van der Waals surface area (Å²) >= 11 is 5.75. The summed E-state index contributed by atoms with van der Waals surface area (Å²) in [5, 5.41) is 3.00. The predicted octanol–water partition coefficient (Wildman–Crippen LogP) is 4.25. The third-order valence-corrected chi connectivity index (χ3v) is 4.29. The van der Waals surface area contributed by atoms with Gasteiger partial charge < -0.3 is 5.32 Å². The van der Waals surface area contributed by atoms with E-state index in [0.717, 1.165) is 31.5 Å². The van der Waals surface area contributed by atoms with Gasteiger partial charge in [0.2, 0.25) is 5.91 Å². The van der Waals surface area contributed by atoms with Gasteiger partial charge in [0.1, 0.15) is 11.9 Å². The first kappa shape index (κ1) is 16.0. The first-order valence-electron chi connectivity index (χ1n) is 7.70. The van der Waals surface area contributed by atoms with Crippen LogP contribution >= 0.6 is 11.6 Å². The largest absolute Gasteiger partial charge is 0.322 e. The van der Waals surface area contributed by atoms with Crippen molar-refractivity contribution in [2.75, 3.05) is 18.4 Å². The quantitative estimate of drug-likeness (QED) is 0.907. The molecule has 1 aliphatic heterocycles. The maximum Gasteiger partial charge on any atom is 0.246 e. The average Bonchev–Trinajstić information content (AvgIpc) is 3.05. The van der Waals surface area contributed by atoms with E-state index in [1.807, 2.05) is 30.3 Å². The molecule has 1 fully saturated rings. The summed E-state index contributed by atoms with van der Waals surface area (Å²) < 4.78 is 13.9. The van der Waals surface area contributed by atoms with Crippen LogP contribution < -0.4 is 5.32 Å². The van der Waals surface area contributed by atoms with Crippen LogP contribution in [0.2, 0.25) is 5.02 Å². The van der Waals surface area contributed by atoms with Crippen molar-refractivity contribution in [3.63, 3.8) is 0 Å². The Morgan fingerprint density at radius 2 is 1.83 bits per heavy atom. The lowest BCUT2D eigenvalue weighted by molar-refractivity contribution is -0.121. The van der Waals surface area contributed by atoms with Crippen molar-refractivity contribution < 1.29 is 9.18 Å². The second-order valence-corrected chi connectivity index (χ2v) is 6.11. The topological polar surface area (TPSA) is 32.3 Å². The van der Waals surface area contributed by atoms with Gasteiger partial charge in [-0.25, -0.2) is 4.39 Å². The van der Waals surface area contributed by atoms with Crippen LogP contribution in [0.25, 0.3) is 0 Å². The number of hydrogen-bond donors (Lipinski definition) is 1. The highest BCUT2D eigenvalue weighted by Gasteiger charge is 2.30. The van der Waals surface area contributed by atoms with E-state index in [2.05, 4.69) is 10.2 Å². The zero-order chi connectivity index (χ0) is 16.2. The van der Waals surface area contributed by atoms with Crippen LogP contribution in [0.5, 0.6) is 0 Å². The molecule has 0 saturated carbocycles. The van der Waals surface area contributed by atoms with Gasteiger partial charge in [-0.3, -0.25) is 9.69 Å². The monoisotopic (exact) mass is 332 g/mol. The minimum absolute atomic E-state index is 0.152. The number of amides is 1. The fourth-order valence-electron chi connectivity index (χ4n) is 2.96. The molecule has 1 unspecified atom stereocenters. The molecule has 2 aromatic carbocycles. The van der Waals surface area contributed by atoms with Gasteiger partial charge in [0.15, 0.2) is 0 Å². The summed E-state index contributed by atoms with van der Waals surface area (Å²) in [6.07, 6.45) is 2.15. The molecule has 23 heavy (non-hydrogen) atoms. The summed E-state index contributed by atoms with van der Waals surface area (Å²) in [4.78, 5) is 14.9. The third-order valence-electron chi connectivity index (χ3n) is 4.06. The highest BCUT2D eigenvalue weighted by Crippen LogP contribution is 2.27. The molecule has 0 spiro atoms. The highest BCUT2D eigenvalue weighted by atomic mass is 35.5. The minimum Gasteiger partial charge on any atom is -0.322 e. The number of benzene rings is 2. The standard InChI is InChI=1S/C18H18ClFN2O/c19-14-8-9-16(15(20)12-14)21-18(23)17(22-10-4-5-11-22)13-6-2-1-3-7-13/h1-3,6-9,12,17H,4-5,10-11H2,(H,21,23). The first-order valence-corrected chi connectivity index (χ1v) is 8.08. The van der Waals surface area contributed by atoms with Gasteiger partial charge in [0.25, 0.3) is 0 Å². The van der Waals surface area contributed by atoms with Gasteiger partial charge in [-0.2, -0.15) is 0 Å². The molecule has 3 rings (SSSR count). The van der Waals surface area contributed by atoms with Crippen molar-refractivity contribution in [2.24, 2.45) is 0 Å². The maximum atomic E-state index is 13.9. The molecule has 1 aliphatic rings. The Bertz CT molecular complexity index is 687. The van der Waals surface area contributed by atoms with Gasteiger partial charge in [-0.1, -0.05) is 41.9 Å². The van der Waals surface area contributed by atoms with E-state index in [-0.39, 0.29) is 11.6 Å². The van der Waals surface area contributed by atoms with E-state index in [0.29, 0.717) is 5.02 Å². The number of carbonyl (C=O) groups excluding carboxylic acids is 1. The van der Waals surface area contributed by atoms with Gasteiger partial charge in [-0.05, 0) is 49.7 Å². The molecule has 120 valence electrons. The summed E-state index contributed by atoms with van der Waals surface area (Å²) in [6.45, 7) is 1.74. The molecular formula is C18H18ClFN2O. The SMILES string of the molecule is O=C(Nc1ccc(Cl)cc1F)C(c1ccccc1)N1CCCC1. The molecule has 1 atom stereocenters. The van der Waals surface area contributed by atoms with Gasteiger partial charge in [0, 0.05) is 5.02 Å². The maximum absolute atomic E-state index is 13.9. The molecule has 1 amide bonds. The summed E-state index contributed by atoms with van der Waals surface area (Å²) in [7, 11) is 0. The Morgan fingerprint density at radius 1 is 1.13 bits per heavy atom. The lowest BCUT2D eigenvalue weighted by Gasteiger charge is -2.27. The fraction of sp³-hybridized carbons (Fsp3) is 0.278. The highest BCUT2D eigenvalue weighted by molar-refractivity contribution is 6.30. The predicted molar refractivity (Wildman–Crippen MR) is 90.0 cm³/mol. The molecule has 1 N–H and O–H groups in total. The van der Waals surface area contributed by atoms with Crippen molar-refractivity contribution in [1.29, 1.82) is 0 Å². The van der Waals surface area contributed by atoms with Crippen LogP contribution in [0.3, 0.4) is 0 Å². The third kappa shape index (κ3) is 3.71. The zero-order valence-electron chi connectivity index (χ0n) is 12.6. The van der Waals surface area contributed by atoms with E-state index < -0.39 is 11.9 Å². The number of halogens is 2. The Hall–Kier alpha value is -1.91. The van der Waals surface area contributed by atoms with E-state index in [9.17, 15) is 9.18 Å². The van der Waals surface area contributed by atoms with Crippen LogP contribution in [-0.2, 0) is 4.79 Å². The van der Waals surface area contributed by atoms with Crippen LogP contribution in [0.1, 0.15) is 24.4 Å². The number of carbonyl (C=O) groups is 1. The Balaban J connectivity index is 1.85. The normalized spacial score (nSPS) is 16.3. The number of anilines is 1. The molecule has 1 saturated heterocycles. The Labute approximate surface area is 140 Å². The Morgan fingerprint density at radius 3 is 2.48 bits per heavy atom. The van der Waals surface area contributed by atoms with Gasteiger partial charge in [-0.15, -0.1) is 0 Å². The molecule has 0 radical (unpaired) electrons. The summed E-state index contributed by atoms with van der Waals surface area (Å²) in [5.41, 5.74) is 1.07. The smallest absolute Gasteiger partial charge is 0.246 e. The second-order valence-electron chi connectivity index (χ2n) is 5.67. The minimum atomic E-state index is -0.529. The van der Waals surface area contributed by atoms with Crippen molar-refractivity contribution in [2.45, 2.75) is 18.9 Å². The Kier molecular flexibility index (Phi) is 4.94. The summed E-state index contributed by atoms with van der Waals surface area (Å²) in [6, 6.07) is 13.4. The van der Waals surface area contributed by atoms with E-state index in [1.165, 1.54) is 12.1 Å². The van der Waals surface area contributed by atoms with E-state index >= 15 is 0 Å². The van der Waals surface area contributed by atoms with Crippen LogP contribution in [0.15, 0.2) is 48.5 Å². The molecule has 2 aromatic rings. The lowest BCUT2D eigenvalue weighted by atomic mass is 10.0. The molecule has 3 nitrogen and oxygen atoms in total. The lowest BCUT2D eigenvalue weighted by Crippen LogP contribution is -2.35. The number of nitrogens with zero attached hydrogens (tertiary/aromatic N) is 1.